The van der Waals surface area contributed by atoms with Gasteiger partial charge in [0.15, 0.2) is 0 Å². The number of amides is 1. The van der Waals surface area contributed by atoms with Gasteiger partial charge in [-0.2, -0.15) is 4.31 Å². The molecule has 0 spiro atoms. The quantitative estimate of drug-likeness (QED) is 0.194. The molecule has 7 nitrogen and oxygen atoms in total. The lowest BCUT2D eigenvalue weighted by Gasteiger charge is -2.40. The number of hydrogen-bond acceptors (Lipinski definition) is 5. The zero-order chi connectivity index (χ0) is 33.9. The van der Waals surface area contributed by atoms with Crippen molar-refractivity contribution in [3.8, 4) is 0 Å². The number of anilines is 1. The van der Waals surface area contributed by atoms with Gasteiger partial charge in [0.2, 0.25) is 15.9 Å². The molecule has 0 unspecified atom stereocenters. The van der Waals surface area contributed by atoms with Crippen molar-refractivity contribution in [2.45, 2.75) is 48.7 Å². The summed E-state index contributed by atoms with van der Waals surface area (Å²) in [5.74, 6) is -5.62. The number of sulfonamides is 1. The molecule has 1 saturated heterocycles. The standard InChI is InChI=1S/C34H33F5N4O3S/c1-20-18-41-19-27(43(20)47(45,46)28-5-2-4-24(36)17-28)12-13-29-30(39)6-3-7-31(29)42-34(44)33(40)32(21-8-10-23(35)11-9-21)22-14-25(37)16-26(38)15-22/h2-11,14-17,20,27,32-33,41H,12-13,18-19,40H2,1H3,(H,42,44)/t20-,27-,32-,33-/m0/s1. The number of nitrogens with one attached hydrogen (secondary N) is 2. The summed E-state index contributed by atoms with van der Waals surface area (Å²) in [6.07, 6.45) is 0.144. The molecule has 13 heteroatoms. The molecule has 4 aromatic rings. The van der Waals surface area contributed by atoms with E-state index in [2.05, 4.69) is 10.6 Å². The third-order valence-corrected chi connectivity index (χ3v) is 10.3. The number of nitrogens with two attached hydrogens (primary N) is 1. The lowest BCUT2D eigenvalue weighted by molar-refractivity contribution is -0.117. The van der Waals surface area contributed by atoms with E-state index in [0.717, 1.165) is 36.4 Å². The molecule has 1 fully saturated rings. The molecule has 0 radical (unpaired) electrons. The molecule has 5 rings (SSSR count). The van der Waals surface area contributed by atoms with Crippen LogP contribution in [0.4, 0.5) is 27.6 Å². The van der Waals surface area contributed by atoms with E-state index in [-0.39, 0.29) is 41.1 Å². The van der Waals surface area contributed by atoms with E-state index >= 15 is 4.39 Å². The first-order valence-corrected chi connectivity index (χ1v) is 16.3. The molecule has 1 amide bonds. The summed E-state index contributed by atoms with van der Waals surface area (Å²) in [6, 6.07) is 13.9. The number of carbonyl (C=O) groups excluding carboxylic acids is 1. The van der Waals surface area contributed by atoms with Gasteiger partial charge in [-0.25, -0.2) is 30.4 Å². The van der Waals surface area contributed by atoms with E-state index in [0.29, 0.717) is 18.2 Å². The highest BCUT2D eigenvalue weighted by molar-refractivity contribution is 7.89. The van der Waals surface area contributed by atoms with Crippen LogP contribution in [0.15, 0.2) is 89.8 Å². The van der Waals surface area contributed by atoms with Gasteiger partial charge in [-0.15, -0.1) is 0 Å². The Hall–Kier alpha value is -4.17. The van der Waals surface area contributed by atoms with Crippen LogP contribution in [0.1, 0.15) is 36.0 Å². The first kappa shape index (κ1) is 34.2. The second-order valence-corrected chi connectivity index (χ2v) is 13.3. The van der Waals surface area contributed by atoms with Crippen molar-refractivity contribution >= 4 is 21.6 Å². The third-order valence-electron chi connectivity index (χ3n) is 8.22. The van der Waals surface area contributed by atoms with Crippen molar-refractivity contribution in [2.24, 2.45) is 5.73 Å². The second kappa shape index (κ2) is 14.3. The highest BCUT2D eigenvalue weighted by atomic mass is 32.2. The number of nitrogens with zero attached hydrogens (tertiary/aromatic N) is 1. The fourth-order valence-corrected chi connectivity index (χ4v) is 7.93. The fourth-order valence-electron chi connectivity index (χ4n) is 6.05. The van der Waals surface area contributed by atoms with E-state index in [4.69, 9.17) is 5.73 Å². The Bertz CT molecular complexity index is 1840. The maximum atomic E-state index is 15.3. The van der Waals surface area contributed by atoms with Crippen LogP contribution in [0.3, 0.4) is 0 Å². The normalized spacial score (nSPS) is 18.4. The largest absolute Gasteiger partial charge is 0.324 e. The molecule has 0 saturated carbocycles. The van der Waals surface area contributed by atoms with Gasteiger partial charge in [-0.05, 0) is 85.5 Å². The molecule has 1 aliphatic heterocycles. The summed E-state index contributed by atoms with van der Waals surface area (Å²) in [4.78, 5) is 13.4. The Kier molecular flexibility index (Phi) is 10.4. The Morgan fingerprint density at radius 2 is 1.55 bits per heavy atom. The Balaban J connectivity index is 1.40. The minimum atomic E-state index is -4.11. The number of rotatable bonds is 10. The molecular formula is C34H33F5N4O3S. The number of hydrogen-bond donors (Lipinski definition) is 3. The lowest BCUT2D eigenvalue weighted by Crippen LogP contribution is -2.58. The second-order valence-electron chi connectivity index (χ2n) is 11.5. The smallest absolute Gasteiger partial charge is 0.243 e. The SMILES string of the molecule is C[C@H]1CNC[C@H](CCc2c(F)cccc2NC(=O)[C@@H](N)[C@@H](c2ccc(F)cc2)c2cc(F)cc(F)c2)N1S(=O)(=O)c1cccc(F)c1. The van der Waals surface area contributed by atoms with Gasteiger partial charge in [0, 0.05) is 48.4 Å². The Labute approximate surface area is 269 Å². The van der Waals surface area contributed by atoms with Crippen molar-refractivity contribution in [3.63, 3.8) is 0 Å². The summed E-state index contributed by atoms with van der Waals surface area (Å²) < 4.78 is 99.9. The van der Waals surface area contributed by atoms with Gasteiger partial charge in [0.25, 0.3) is 0 Å². The van der Waals surface area contributed by atoms with Crippen molar-refractivity contribution in [3.05, 3.63) is 131 Å². The van der Waals surface area contributed by atoms with E-state index < -0.39 is 69.1 Å². The highest BCUT2D eigenvalue weighted by Crippen LogP contribution is 2.31. The molecule has 0 aromatic heterocycles. The highest BCUT2D eigenvalue weighted by Gasteiger charge is 2.38. The van der Waals surface area contributed by atoms with Gasteiger partial charge in [0.1, 0.15) is 29.1 Å². The van der Waals surface area contributed by atoms with Crippen LogP contribution >= 0.6 is 0 Å². The van der Waals surface area contributed by atoms with Gasteiger partial charge in [0.05, 0.1) is 10.9 Å². The molecule has 1 heterocycles. The number of halogens is 5. The van der Waals surface area contributed by atoms with E-state index in [9.17, 15) is 30.8 Å². The zero-order valence-corrected chi connectivity index (χ0v) is 26.1. The van der Waals surface area contributed by atoms with Gasteiger partial charge in [-0.3, -0.25) is 4.79 Å². The molecule has 4 atom stereocenters. The minimum Gasteiger partial charge on any atom is -0.324 e. The zero-order valence-electron chi connectivity index (χ0n) is 25.3. The van der Waals surface area contributed by atoms with E-state index in [1.165, 1.54) is 46.8 Å². The van der Waals surface area contributed by atoms with Gasteiger partial charge < -0.3 is 16.4 Å². The summed E-state index contributed by atoms with van der Waals surface area (Å²) in [5, 5.41) is 5.81. The molecule has 0 bridgehead atoms. The van der Waals surface area contributed by atoms with Crippen LogP contribution in [0.5, 0.6) is 0 Å². The molecule has 1 aliphatic rings. The first-order valence-electron chi connectivity index (χ1n) is 14.9. The van der Waals surface area contributed by atoms with Crippen molar-refractivity contribution in [2.75, 3.05) is 18.4 Å². The fraction of sp³-hybridized carbons (Fsp3) is 0.265. The minimum absolute atomic E-state index is 0.00224. The topological polar surface area (TPSA) is 105 Å². The number of piperazine rings is 1. The average molecular weight is 673 g/mol. The van der Waals surface area contributed by atoms with Crippen LogP contribution in [0.2, 0.25) is 0 Å². The van der Waals surface area contributed by atoms with Crippen LogP contribution in [0, 0.1) is 29.1 Å². The van der Waals surface area contributed by atoms with E-state index in [1.807, 2.05) is 0 Å². The molecular weight excluding hydrogens is 639 g/mol. The molecule has 4 aromatic carbocycles. The first-order chi connectivity index (χ1) is 22.3. The molecule has 4 N–H and O–H groups in total. The van der Waals surface area contributed by atoms with Gasteiger partial charge in [-0.1, -0.05) is 24.3 Å². The van der Waals surface area contributed by atoms with Crippen LogP contribution < -0.4 is 16.4 Å². The van der Waals surface area contributed by atoms with Crippen LogP contribution in [0.25, 0.3) is 0 Å². The third kappa shape index (κ3) is 7.70. The Morgan fingerprint density at radius 3 is 2.23 bits per heavy atom. The summed E-state index contributed by atoms with van der Waals surface area (Å²) >= 11 is 0. The predicted octanol–water partition coefficient (Wildman–Crippen LogP) is 5.46. The summed E-state index contributed by atoms with van der Waals surface area (Å²) in [7, 11) is -4.11. The maximum Gasteiger partial charge on any atom is 0.243 e. The molecule has 248 valence electrons. The van der Waals surface area contributed by atoms with Gasteiger partial charge >= 0.3 is 0 Å². The van der Waals surface area contributed by atoms with E-state index in [1.54, 1.807) is 6.92 Å². The molecule has 0 aliphatic carbocycles. The predicted molar refractivity (Wildman–Crippen MR) is 167 cm³/mol. The monoisotopic (exact) mass is 672 g/mol. The average Bonchev–Trinajstić information content (AvgIpc) is 3.01. The van der Waals surface area contributed by atoms with Crippen molar-refractivity contribution in [1.29, 1.82) is 0 Å². The number of carbonyl (C=O) groups is 1. The molecule has 47 heavy (non-hydrogen) atoms. The van der Waals surface area contributed by atoms with Crippen LogP contribution in [-0.2, 0) is 21.2 Å². The van der Waals surface area contributed by atoms with Crippen LogP contribution in [-0.4, -0.2) is 49.8 Å². The van der Waals surface area contributed by atoms with Crippen molar-refractivity contribution in [1.82, 2.24) is 9.62 Å². The summed E-state index contributed by atoms with van der Waals surface area (Å²) in [6.45, 7) is 2.33. The Morgan fingerprint density at radius 1 is 0.872 bits per heavy atom. The number of benzene rings is 4. The maximum absolute atomic E-state index is 15.3. The lowest BCUT2D eigenvalue weighted by atomic mass is 9.84. The van der Waals surface area contributed by atoms with Crippen molar-refractivity contribution < 1.29 is 35.2 Å². The summed E-state index contributed by atoms with van der Waals surface area (Å²) in [5.41, 5.74) is 6.90.